The Bertz CT molecular complexity index is 1080. The minimum Gasteiger partial charge on any atom is -0.330 e. The van der Waals surface area contributed by atoms with Gasteiger partial charge in [-0.15, -0.1) is 6.42 Å². The molecule has 5 nitrogen and oxygen atoms in total. The molecule has 1 atom stereocenters. The number of carbonyl (C=O) groups excluding carboxylic acids is 1. The lowest BCUT2D eigenvalue weighted by molar-refractivity contribution is 0.0708. The van der Waals surface area contributed by atoms with Gasteiger partial charge >= 0.3 is 0 Å². The molecule has 1 aliphatic heterocycles. The summed E-state index contributed by atoms with van der Waals surface area (Å²) in [6.45, 7) is 0.963. The number of aromatic nitrogens is 2. The summed E-state index contributed by atoms with van der Waals surface area (Å²) in [5.41, 5.74) is 11.8. The SMILES string of the molecule is C#Cc1cccc(C[C@@H](CN)N2Cc3cc(-c4ccnn4C)ccc3C2=O)c1. The van der Waals surface area contributed by atoms with Crippen LogP contribution in [-0.4, -0.2) is 33.2 Å². The van der Waals surface area contributed by atoms with E-state index in [-0.39, 0.29) is 11.9 Å². The first-order chi connectivity index (χ1) is 13.6. The highest BCUT2D eigenvalue weighted by Gasteiger charge is 2.32. The molecular weight excluding hydrogens is 348 g/mol. The van der Waals surface area contributed by atoms with E-state index < -0.39 is 0 Å². The Morgan fingerprint density at radius 1 is 1.25 bits per heavy atom. The fraction of sp³-hybridized carbons (Fsp3) is 0.217. The first-order valence-electron chi connectivity index (χ1n) is 9.28. The Labute approximate surface area is 164 Å². The van der Waals surface area contributed by atoms with E-state index in [9.17, 15) is 4.79 Å². The Morgan fingerprint density at radius 2 is 2.11 bits per heavy atom. The van der Waals surface area contributed by atoms with E-state index in [0.717, 1.165) is 33.5 Å². The molecule has 3 aromatic rings. The highest BCUT2D eigenvalue weighted by Crippen LogP contribution is 2.30. The number of amides is 1. The van der Waals surface area contributed by atoms with Gasteiger partial charge < -0.3 is 10.6 Å². The van der Waals surface area contributed by atoms with E-state index in [4.69, 9.17) is 12.2 Å². The number of benzene rings is 2. The van der Waals surface area contributed by atoms with Gasteiger partial charge in [-0.1, -0.05) is 24.1 Å². The number of terminal acetylenes is 1. The molecule has 0 saturated carbocycles. The molecule has 1 aromatic heterocycles. The van der Waals surface area contributed by atoms with Crippen LogP contribution in [0.4, 0.5) is 0 Å². The van der Waals surface area contributed by atoms with Gasteiger partial charge in [-0.3, -0.25) is 9.48 Å². The van der Waals surface area contributed by atoms with Crippen molar-refractivity contribution in [3.05, 3.63) is 77.0 Å². The molecule has 0 fully saturated rings. The summed E-state index contributed by atoms with van der Waals surface area (Å²) in [6, 6.07) is 15.7. The van der Waals surface area contributed by atoms with Crippen molar-refractivity contribution in [3.63, 3.8) is 0 Å². The zero-order valence-corrected chi connectivity index (χ0v) is 15.8. The Morgan fingerprint density at radius 3 is 2.82 bits per heavy atom. The van der Waals surface area contributed by atoms with Crippen molar-refractivity contribution in [2.45, 2.75) is 19.0 Å². The third kappa shape index (κ3) is 3.19. The second-order valence-electron chi connectivity index (χ2n) is 7.08. The van der Waals surface area contributed by atoms with Crippen molar-refractivity contribution in [2.75, 3.05) is 6.54 Å². The molecule has 0 spiro atoms. The summed E-state index contributed by atoms with van der Waals surface area (Å²) in [5, 5.41) is 4.23. The quantitative estimate of drug-likeness (QED) is 0.702. The van der Waals surface area contributed by atoms with Crippen molar-refractivity contribution in [1.82, 2.24) is 14.7 Å². The first-order valence-corrected chi connectivity index (χ1v) is 9.28. The average molecular weight is 370 g/mol. The number of hydrogen-bond acceptors (Lipinski definition) is 3. The van der Waals surface area contributed by atoms with E-state index in [0.29, 0.717) is 19.5 Å². The van der Waals surface area contributed by atoms with Gasteiger partial charge in [-0.2, -0.15) is 5.10 Å². The Balaban J connectivity index is 1.59. The second-order valence-corrected chi connectivity index (χ2v) is 7.08. The fourth-order valence-corrected chi connectivity index (χ4v) is 3.84. The zero-order chi connectivity index (χ0) is 19.7. The summed E-state index contributed by atoms with van der Waals surface area (Å²) < 4.78 is 1.83. The monoisotopic (exact) mass is 370 g/mol. The fourth-order valence-electron chi connectivity index (χ4n) is 3.84. The molecule has 0 bridgehead atoms. The molecule has 1 amide bonds. The van der Waals surface area contributed by atoms with Gasteiger partial charge in [-0.25, -0.2) is 0 Å². The maximum Gasteiger partial charge on any atom is 0.254 e. The molecule has 1 aliphatic rings. The van der Waals surface area contributed by atoms with Gasteiger partial charge in [0.05, 0.1) is 5.69 Å². The molecule has 28 heavy (non-hydrogen) atoms. The maximum absolute atomic E-state index is 13.0. The lowest BCUT2D eigenvalue weighted by atomic mass is 10.0. The van der Waals surface area contributed by atoms with E-state index in [1.165, 1.54) is 0 Å². The van der Waals surface area contributed by atoms with Crippen molar-refractivity contribution < 1.29 is 4.79 Å². The van der Waals surface area contributed by atoms with Gasteiger partial charge in [0.1, 0.15) is 0 Å². The van der Waals surface area contributed by atoms with Crippen LogP contribution < -0.4 is 5.73 Å². The van der Waals surface area contributed by atoms with Crippen LogP contribution in [0.25, 0.3) is 11.3 Å². The van der Waals surface area contributed by atoms with E-state index in [2.05, 4.69) is 17.1 Å². The number of fused-ring (bicyclic) bond motifs is 1. The van der Waals surface area contributed by atoms with Crippen LogP contribution in [-0.2, 0) is 20.0 Å². The molecular formula is C23H22N4O. The van der Waals surface area contributed by atoms with Gasteiger partial charge in [0, 0.05) is 49.1 Å². The smallest absolute Gasteiger partial charge is 0.254 e. The number of nitrogens with zero attached hydrogens (tertiary/aromatic N) is 3. The van der Waals surface area contributed by atoms with E-state index in [1.807, 2.05) is 59.1 Å². The van der Waals surface area contributed by atoms with Crippen molar-refractivity contribution in [2.24, 2.45) is 12.8 Å². The average Bonchev–Trinajstić information content (AvgIpc) is 3.29. The maximum atomic E-state index is 13.0. The lowest BCUT2D eigenvalue weighted by Gasteiger charge is -2.27. The molecule has 2 aromatic carbocycles. The molecule has 2 heterocycles. The lowest BCUT2D eigenvalue weighted by Crippen LogP contribution is -2.42. The molecule has 0 saturated heterocycles. The van der Waals surface area contributed by atoms with Crippen molar-refractivity contribution >= 4 is 5.91 Å². The topological polar surface area (TPSA) is 64.2 Å². The minimum atomic E-state index is -0.0759. The highest BCUT2D eigenvalue weighted by atomic mass is 16.2. The molecule has 0 aliphatic carbocycles. The van der Waals surface area contributed by atoms with Crippen LogP contribution in [0.2, 0.25) is 0 Å². The summed E-state index contributed by atoms with van der Waals surface area (Å²) in [6.07, 6.45) is 7.96. The van der Waals surface area contributed by atoms with E-state index >= 15 is 0 Å². The van der Waals surface area contributed by atoms with Gasteiger partial charge in [0.2, 0.25) is 0 Å². The van der Waals surface area contributed by atoms with Gasteiger partial charge in [-0.05, 0) is 47.9 Å². The third-order valence-corrected chi connectivity index (χ3v) is 5.33. The number of rotatable bonds is 5. The molecule has 140 valence electrons. The number of aryl methyl sites for hydroxylation is 1. The van der Waals surface area contributed by atoms with Crippen LogP contribution in [0.3, 0.4) is 0 Å². The predicted octanol–water partition coefficient (Wildman–Crippen LogP) is 2.59. The Hall–Kier alpha value is -3.36. The highest BCUT2D eigenvalue weighted by molar-refractivity contribution is 5.99. The summed E-state index contributed by atoms with van der Waals surface area (Å²) in [4.78, 5) is 14.9. The number of nitrogens with two attached hydrogens (primary N) is 1. The summed E-state index contributed by atoms with van der Waals surface area (Å²) >= 11 is 0. The van der Waals surface area contributed by atoms with Crippen LogP contribution >= 0.6 is 0 Å². The van der Waals surface area contributed by atoms with Gasteiger partial charge in [0.25, 0.3) is 5.91 Å². The normalized spacial score (nSPS) is 14.0. The summed E-state index contributed by atoms with van der Waals surface area (Å²) in [7, 11) is 1.91. The van der Waals surface area contributed by atoms with Crippen molar-refractivity contribution in [1.29, 1.82) is 0 Å². The summed E-state index contributed by atoms with van der Waals surface area (Å²) in [5.74, 6) is 2.69. The number of hydrogen-bond donors (Lipinski definition) is 1. The molecule has 5 heteroatoms. The first kappa shape index (κ1) is 18.0. The molecule has 4 rings (SSSR count). The number of carbonyl (C=O) groups is 1. The second kappa shape index (κ2) is 7.34. The zero-order valence-electron chi connectivity index (χ0n) is 15.8. The standard InChI is InChI=1S/C23H22N4O/c1-3-16-5-4-6-17(11-16)12-20(14-24)27-15-19-13-18(7-8-21(19)23(27)28)22-9-10-25-26(22)2/h1,4-11,13,20H,12,14-15,24H2,2H3/t20-/m0/s1. The van der Waals surface area contributed by atoms with Gasteiger partial charge in [0.15, 0.2) is 0 Å². The predicted molar refractivity (Wildman–Crippen MR) is 109 cm³/mol. The molecule has 2 N–H and O–H groups in total. The van der Waals surface area contributed by atoms with Crippen LogP contribution in [0.15, 0.2) is 54.7 Å². The van der Waals surface area contributed by atoms with Crippen LogP contribution in [0, 0.1) is 12.3 Å². The largest absolute Gasteiger partial charge is 0.330 e. The van der Waals surface area contributed by atoms with Crippen LogP contribution in [0.1, 0.15) is 27.0 Å². The minimum absolute atomic E-state index is 0.0371. The third-order valence-electron chi connectivity index (χ3n) is 5.33. The van der Waals surface area contributed by atoms with Crippen LogP contribution in [0.5, 0.6) is 0 Å². The molecule has 0 radical (unpaired) electrons. The van der Waals surface area contributed by atoms with E-state index in [1.54, 1.807) is 6.20 Å². The Kier molecular flexibility index (Phi) is 4.72. The van der Waals surface area contributed by atoms with Crippen molar-refractivity contribution in [3.8, 4) is 23.6 Å². The molecule has 0 unspecified atom stereocenters.